The van der Waals surface area contributed by atoms with Gasteiger partial charge in [-0.25, -0.2) is 28.4 Å². The van der Waals surface area contributed by atoms with Crippen LogP contribution in [0.3, 0.4) is 0 Å². The van der Waals surface area contributed by atoms with Crippen molar-refractivity contribution >= 4 is 62.3 Å². The molecule has 2 saturated heterocycles. The number of anilines is 3. The number of oxazole rings is 2. The Kier molecular flexibility index (Phi) is 13.5. The number of hydrogen-bond acceptors (Lipinski definition) is 15. The first-order chi connectivity index (χ1) is 25.8. The number of methoxy groups -OCH3 is 2. The molecule has 0 aliphatic carbocycles. The molecule has 2 aliphatic rings. The number of sulfone groups is 1. The van der Waals surface area contributed by atoms with Crippen molar-refractivity contribution in [2.24, 2.45) is 11.8 Å². The van der Waals surface area contributed by atoms with Gasteiger partial charge in [0, 0.05) is 64.7 Å². The Morgan fingerprint density at radius 1 is 0.759 bits per heavy atom. The van der Waals surface area contributed by atoms with Crippen LogP contribution < -0.4 is 15.1 Å². The molecule has 6 heterocycles. The summed E-state index contributed by atoms with van der Waals surface area (Å²) >= 11 is 13.1. The first-order valence-corrected chi connectivity index (χ1v) is 20.3. The summed E-state index contributed by atoms with van der Waals surface area (Å²) in [6.07, 6.45) is 11.5. The summed E-state index contributed by atoms with van der Waals surface area (Å²) < 4.78 is 45.9. The van der Waals surface area contributed by atoms with E-state index in [2.05, 4.69) is 30.2 Å². The van der Waals surface area contributed by atoms with Gasteiger partial charge in [0.1, 0.15) is 38.1 Å². The average molecular weight is 807 g/mol. The van der Waals surface area contributed by atoms with Crippen molar-refractivity contribution in [2.75, 3.05) is 68.8 Å². The number of pyridine rings is 2. The van der Waals surface area contributed by atoms with Gasteiger partial charge in [0.25, 0.3) is 0 Å². The minimum absolute atomic E-state index is 0.0350. The summed E-state index contributed by atoms with van der Waals surface area (Å²) in [6.45, 7) is 6.37. The van der Waals surface area contributed by atoms with Gasteiger partial charge in [-0.1, -0.05) is 37.0 Å². The van der Waals surface area contributed by atoms with Crippen molar-refractivity contribution in [1.82, 2.24) is 19.9 Å². The number of aryl methyl sites for hydroxylation is 2. The lowest BCUT2D eigenvalue weighted by molar-refractivity contribution is -0.146. The Bertz CT molecular complexity index is 2060. The monoisotopic (exact) mass is 805 g/mol. The van der Waals surface area contributed by atoms with E-state index in [4.69, 9.17) is 41.5 Å². The number of piperidine rings is 2. The summed E-state index contributed by atoms with van der Waals surface area (Å²) in [7, 11) is 0.936. The number of esters is 2. The van der Waals surface area contributed by atoms with Crippen LogP contribution in [0.1, 0.15) is 51.1 Å². The molecule has 0 aromatic carbocycles. The zero-order valence-electron chi connectivity index (χ0n) is 31.1. The summed E-state index contributed by atoms with van der Waals surface area (Å²) in [6, 6.07) is 0. The Morgan fingerprint density at radius 3 is 1.57 bits per heavy atom. The second-order valence-corrected chi connectivity index (χ2v) is 15.6. The number of nitrogens with zero attached hydrogens (tertiary/aromatic N) is 6. The van der Waals surface area contributed by atoms with E-state index in [0.29, 0.717) is 73.8 Å². The lowest BCUT2D eigenvalue weighted by atomic mass is 9.97. The lowest BCUT2D eigenvalue weighted by Crippen LogP contribution is -2.37. The Balaban J connectivity index is 0.000000208. The molecule has 1 N–H and O–H groups in total. The molecule has 0 spiro atoms. The Morgan fingerprint density at radius 2 is 1.19 bits per heavy atom. The maximum atomic E-state index is 12.5. The van der Waals surface area contributed by atoms with E-state index in [1.807, 2.05) is 25.8 Å². The van der Waals surface area contributed by atoms with Crippen LogP contribution in [-0.4, -0.2) is 94.0 Å². The van der Waals surface area contributed by atoms with Crippen molar-refractivity contribution < 1.29 is 36.3 Å². The highest BCUT2D eigenvalue weighted by atomic mass is 35.5. The normalized spacial score (nSPS) is 15.4. The van der Waals surface area contributed by atoms with Crippen LogP contribution in [0.5, 0.6) is 0 Å². The third-order valence-corrected chi connectivity index (χ3v) is 11.5. The standard InChI is InChI=1S/C18H23ClN4O3.C18H22ClN3O5S/c1-4-12-9-22-17(26-12)13-10-21-16(14(19)15(13)20-2)23-7-5-11(6-8-23)18(24)25-3;1-4-12-9-21-17(27-12)13-10-20-16(14(19)15(13)28(3,24)25)22-7-5-11(6-8-22)18(23)26-2/h9-11H,4-8H2,1-3H3,(H,20,21);9-11H,4-8H2,1-3H3. The number of hydrogen-bond donors (Lipinski definition) is 1. The van der Waals surface area contributed by atoms with Crippen molar-refractivity contribution in [2.45, 2.75) is 57.3 Å². The SMILES string of the molecule is CCc1cnc(-c2cnc(N3CCC(C(=O)OC)CC3)c(Cl)c2NC)o1.CCc1cnc(-c2cnc(N3CCC(C(=O)OC)CC3)c(Cl)c2S(C)(=O)=O)o1. The zero-order valence-corrected chi connectivity index (χ0v) is 33.5. The van der Waals surface area contributed by atoms with Gasteiger partial charge >= 0.3 is 11.9 Å². The predicted octanol–water partition coefficient (Wildman–Crippen LogP) is 6.13. The summed E-state index contributed by atoms with van der Waals surface area (Å²) in [5.41, 5.74) is 1.70. The minimum atomic E-state index is -3.67. The molecule has 0 radical (unpaired) electrons. The van der Waals surface area contributed by atoms with Gasteiger partial charge < -0.3 is 33.4 Å². The van der Waals surface area contributed by atoms with Gasteiger partial charge in [0.2, 0.25) is 11.8 Å². The molecule has 0 amide bonds. The number of ether oxygens (including phenoxy) is 2. The molecule has 2 fully saturated rings. The fourth-order valence-electron chi connectivity index (χ4n) is 6.48. The molecule has 6 rings (SSSR count). The van der Waals surface area contributed by atoms with Gasteiger partial charge in [0.15, 0.2) is 9.84 Å². The molecule has 292 valence electrons. The number of rotatable bonds is 10. The van der Waals surface area contributed by atoms with Crippen LogP contribution in [0.2, 0.25) is 10.0 Å². The van der Waals surface area contributed by atoms with Crippen LogP contribution in [0.25, 0.3) is 22.9 Å². The third kappa shape index (κ3) is 8.92. The molecule has 15 nitrogen and oxygen atoms in total. The molecule has 0 unspecified atom stereocenters. The number of halogens is 2. The Labute approximate surface area is 324 Å². The van der Waals surface area contributed by atoms with Crippen LogP contribution in [0, 0.1) is 11.8 Å². The van der Waals surface area contributed by atoms with Gasteiger partial charge in [-0.15, -0.1) is 0 Å². The molecule has 0 atom stereocenters. The maximum absolute atomic E-state index is 12.5. The van der Waals surface area contributed by atoms with Crippen LogP contribution in [0.4, 0.5) is 17.3 Å². The highest BCUT2D eigenvalue weighted by Gasteiger charge is 2.32. The molecule has 0 saturated carbocycles. The van der Waals surface area contributed by atoms with Crippen molar-refractivity contribution in [3.63, 3.8) is 0 Å². The molecular formula is C36H45Cl2N7O8S. The summed E-state index contributed by atoms with van der Waals surface area (Å²) in [5.74, 6) is 2.58. The summed E-state index contributed by atoms with van der Waals surface area (Å²) in [4.78, 5) is 44.7. The Hall–Kier alpha value is -4.41. The van der Waals surface area contributed by atoms with E-state index >= 15 is 0 Å². The zero-order chi connectivity index (χ0) is 39.2. The topological polar surface area (TPSA) is 183 Å². The predicted molar refractivity (Wildman–Crippen MR) is 205 cm³/mol. The van der Waals surface area contributed by atoms with Gasteiger partial charge in [-0.3, -0.25) is 9.59 Å². The molecular weight excluding hydrogens is 761 g/mol. The van der Waals surface area contributed by atoms with Crippen molar-refractivity contribution in [3.8, 4) is 22.9 Å². The summed E-state index contributed by atoms with van der Waals surface area (Å²) in [5, 5.41) is 3.69. The fourth-order valence-corrected chi connectivity index (χ4v) is 8.49. The molecule has 4 aromatic rings. The van der Waals surface area contributed by atoms with E-state index in [1.165, 1.54) is 20.4 Å². The minimum Gasteiger partial charge on any atom is -0.469 e. The van der Waals surface area contributed by atoms with E-state index in [1.54, 1.807) is 18.6 Å². The largest absolute Gasteiger partial charge is 0.469 e. The molecule has 0 bridgehead atoms. The number of aromatic nitrogens is 4. The third-order valence-electron chi connectivity index (χ3n) is 9.50. The van der Waals surface area contributed by atoms with E-state index in [0.717, 1.165) is 42.5 Å². The van der Waals surface area contributed by atoms with Crippen molar-refractivity contribution in [1.29, 1.82) is 0 Å². The van der Waals surface area contributed by atoms with Crippen molar-refractivity contribution in [3.05, 3.63) is 46.4 Å². The van der Waals surface area contributed by atoms with Gasteiger partial charge in [0.05, 0.1) is 55.3 Å². The van der Waals surface area contributed by atoms with Gasteiger partial charge in [-0.05, 0) is 25.7 Å². The number of carbonyl (C=O) groups is 2. The molecule has 18 heteroatoms. The molecule has 2 aliphatic heterocycles. The van der Waals surface area contributed by atoms with E-state index in [-0.39, 0.29) is 45.1 Å². The number of carbonyl (C=O) groups excluding carboxylic acids is 2. The molecule has 4 aromatic heterocycles. The second kappa shape index (κ2) is 17.8. The van der Waals surface area contributed by atoms with E-state index < -0.39 is 9.84 Å². The highest BCUT2D eigenvalue weighted by molar-refractivity contribution is 7.91. The number of nitrogens with one attached hydrogen (secondary N) is 1. The first-order valence-electron chi connectivity index (χ1n) is 17.6. The van der Waals surface area contributed by atoms with Gasteiger partial charge in [-0.2, -0.15) is 0 Å². The average Bonchev–Trinajstić information content (AvgIpc) is 3.87. The van der Waals surface area contributed by atoms with Crippen LogP contribution in [-0.2, 0) is 41.7 Å². The maximum Gasteiger partial charge on any atom is 0.308 e. The fraction of sp³-hybridized carbons (Fsp3) is 0.500. The smallest absolute Gasteiger partial charge is 0.308 e. The second-order valence-electron chi connectivity index (χ2n) is 12.9. The van der Waals surface area contributed by atoms with E-state index in [9.17, 15) is 18.0 Å². The highest BCUT2D eigenvalue weighted by Crippen LogP contribution is 2.41. The van der Waals surface area contributed by atoms with Crippen LogP contribution in [0.15, 0.2) is 38.5 Å². The first kappa shape index (κ1) is 40.8. The quantitative estimate of drug-likeness (QED) is 0.181. The van der Waals surface area contributed by atoms with Crippen LogP contribution >= 0.6 is 23.2 Å². The molecule has 54 heavy (non-hydrogen) atoms. The lowest BCUT2D eigenvalue weighted by Gasteiger charge is -2.32.